The van der Waals surface area contributed by atoms with Crippen LogP contribution in [0.5, 0.6) is 0 Å². The molecule has 2 rings (SSSR count). The minimum atomic E-state index is 0.189. The number of thiocarbonyl (C=S) groups is 1. The minimum absolute atomic E-state index is 0.189. The number of hydrogen-bond donors (Lipinski definition) is 1. The van der Waals surface area contributed by atoms with Gasteiger partial charge in [0.25, 0.3) is 0 Å². The summed E-state index contributed by atoms with van der Waals surface area (Å²) in [5.41, 5.74) is 6.58. The highest BCUT2D eigenvalue weighted by molar-refractivity contribution is 7.80. The second-order valence-electron chi connectivity index (χ2n) is 4.22. The molecule has 2 aromatic heterocycles. The molecule has 1 atom stereocenters. The molecule has 0 aliphatic heterocycles. The molecule has 4 nitrogen and oxygen atoms in total. The maximum atomic E-state index is 5.64. The largest absolute Gasteiger partial charge is 0.393 e. The van der Waals surface area contributed by atoms with Crippen LogP contribution in [-0.4, -0.2) is 28.0 Å². The topological polar surface area (TPSA) is 46.6 Å². The summed E-state index contributed by atoms with van der Waals surface area (Å²) < 4.78 is 2.05. The van der Waals surface area contributed by atoms with Crippen molar-refractivity contribution in [1.29, 1.82) is 0 Å². The molecule has 0 aliphatic rings. The Morgan fingerprint density at radius 3 is 3.06 bits per heavy atom. The van der Waals surface area contributed by atoms with Crippen LogP contribution in [0.2, 0.25) is 0 Å². The van der Waals surface area contributed by atoms with E-state index in [1.165, 1.54) is 0 Å². The average molecular weight is 248 g/mol. The molecule has 0 radical (unpaired) electrons. The molecule has 0 fully saturated rings. The number of anilines is 1. The number of pyridine rings is 1. The van der Waals surface area contributed by atoms with Gasteiger partial charge in [-0.15, -0.1) is 0 Å². The number of hydrogen-bond acceptors (Lipinski definition) is 3. The fourth-order valence-electron chi connectivity index (χ4n) is 1.84. The zero-order valence-corrected chi connectivity index (χ0v) is 10.8. The summed E-state index contributed by atoms with van der Waals surface area (Å²) in [4.78, 5) is 6.95. The molecule has 0 bridgehead atoms. The first-order valence-corrected chi connectivity index (χ1v) is 5.93. The third-order valence-corrected chi connectivity index (χ3v) is 3.23. The molecule has 0 aliphatic carbocycles. The monoisotopic (exact) mass is 248 g/mol. The summed E-state index contributed by atoms with van der Waals surface area (Å²) in [5.74, 6) is 1.27. The first kappa shape index (κ1) is 11.9. The third-order valence-electron chi connectivity index (χ3n) is 2.83. The van der Waals surface area contributed by atoms with E-state index in [-0.39, 0.29) is 5.92 Å². The normalized spacial score (nSPS) is 12.6. The van der Waals surface area contributed by atoms with Crippen LogP contribution in [0.4, 0.5) is 5.82 Å². The summed E-state index contributed by atoms with van der Waals surface area (Å²) in [6.45, 7) is 2.83. The maximum absolute atomic E-state index is 5.64. The van der Waals surface area contributed by atoms with E-state index in [0.29, 0.717) is 4.99 Å². The minimum Gasteiger partial charge on any atom is -0.393 e. The highest BCUT2D eigenvalue weighted by Gasteiger charge is 2.11. The first-order valence-electron chi connectivity index (χ1n) is 5.52. The first-order chi connectivity index (χ1) is 8.09. The molecule has 0 amide bonds. The van der Waals surface area contributed by atoms with E-state index >= 15 is 0 Å². The summed E-state index contributed by atoms with van der Waals surface area (Å²) in [6.07, 6.45) is 3.75. The molecular weight excluding hydrogens is 232 g/mol. The van der Waals surface area contributed by atoms with Gasteiger partial charge >= 0.3 is 0 Å². The number of nitrogens with zero attached hydrogens (tertiary/aromatic N) is 3. The van der Waals surface area contributed by atoms with Crippen LogP contribution in [0.25, 0.3) is 5.65 Å². The zero-order valence-electron chi connectivity index (χ0n) is 10.00. The van der Waals surface area contributed by atoms with Crippen LogP contribution < -0.4 is 10.6 Å². The molecule has 0 aromatic carbocycles. The number of fused-ring (bicyclic) bond motifs is 1. The summed E-state index contributed by atoms with van der Waals surface area (Å²) in [6, 6.07) is 6.04. The fourth-order valence-corrected chi connectivity index (χ4v) is 1.91. The van der Waals surface area contributed by atoms with Gasteiger partial charge in [0.05, 0.1) is 4.99 Å². The van der Waals surface area contributed by atoms with E-state index in [2.05, 4.69) is 16.0 Å². The summed E-state index contributed by atoms with van der Waals surface area (Å²) in [7, 11) is 2.03. The summed E-state index contributed by atoms with van der Waals surface area (Å²) in [5, 5.41) is 0. The maximum Gasteiger partial charge on any atom is 0.138 e. The zero-order chi connectivity index (χ0) is 12.4. The van der Waals surface area contributed by atoms with Gasteiger partial charge in [0, 0.05) is 31.9 Å². The number of aromatic nitrogens is 2. The van der Waals surface area contributed by atoms with Gasteiger partial charge in [-0.1, -0.05) is 25.2 Å². The Balaban J connectivity index is 2.27. The highest BCUT2D eigenvalue weighted by Crippen LogP contribution is 2.16. The van der Waals surface area contributed by atoms with Crippen molar-refractivity contribution < 1.29 is 0 Å². The Hall–Kier alpha value is -1.62. The lowest BCUT2D eigenvalue weighted by molar-refractivity contribution is 0.732. The van der Waals surface area contributed by atoms with E-state index in [1.54, 1.807) is 6.20 Å². The smallest absolute Gasteiger partial charge is 0.138 e. The average Bonchev–Trinajstić information content (AvgIpc) is 2.76. The second-order valence-corrected chi connectivity index (χ2v) is 4.69. The van der Waals surface area contributed by atoms with Crippen molar-refractivity contribution in [3.8, 4) is 0 Å². The van der Waals surface area contributed by atoms with Crippen molar-refractivity contribution in [2.24, 2.45) is 11.7 Å². The van der Waals surface area contributed by atoms with E-state index in [4.69, 9.17) is 18.0 Å². The third kappa shape index (κ3) is 2.39. The Morgan fingerprint density at radius 1 is 1.59 bits per heavy atom. The van der Waals surface area contributed by atoms with Crippen molar-refractivity contribution in [3.63, 3.8) is 0 Å². The molecule has 2 N–H and O–H groups in total. The van der Waals surface area contributed by atoms with Gasteiger partial charge in [0.1, 0.15) is 11.5 Å². The summed E-state index contributed by atoms with van der Waals surface area (Å²) >= 11 is 5.00. The molecule has 0 spiro atoms. The van der Waals surface area contributed by atoms with E-state index in [1.807, 2.05) is 36.7 Å². The van der Waals surface area contributed by atoms with Crippen molar-refractivity contribution in [2.45, 2.75) is 6.92 Å². The lowest BCUT2D eigenvalue weighted by Crippen LogP contribution is -2.32. The van der Waals surface area contributed by atoms with Crippen molar-refractivity contribution in [2.75, 3.05) is 18.5 Å². The number of imidazole rings is 1. The van der Waals surface area contributed by atoms with Crippen molar-refractivity contribution in [3.05, 3.63) is 30.6 Å². The molecule has 90 valence electrons. The lowest BCUT2D eigenvalue weighted by Gasteiger charge is -2.23. The van der Waals surface area contributed by atoms with Gasteiger partial charge in [-0.05, 0) is 12.1 Å². The fraction of sp³-hybridized carbons (Fsp3) is 0.333. The Bertz CT molecular complexity index is 534. The number of rotatable bonds is 4. The van der Waals surface area contributed by atoms with Crippen LogP contribution in [0.1, 0.15) is 6.92 Å². The second kappa shape index (κ2) is 4.71. The molecule has 2 heterocycles. The van der Waals surface area contributed by atoms with E-state index in [0.717, 1.165) is 18.0 Å². The van der Waals surface area contributed by atoms with Gasteiger partial charge in [0.15, 0.2) is 0 Å². The quantitative estimate of drug-likeness (QED) is 0.837. The number of nitrogens with two attached hydrogens (primary N) is 1. The Labute approximate surface area is 106 Å². The standard InChI is InChI=1S/C12H16N4S/c1-9(12(13)17)8-15(2)11-5-3-4-10-14-6-7-16(10)11/h3-7,9H,8H2,1-2H3,(H2,13,17). The van der Waals surface area contributed by atoms with Crippen LogP contribution >= 0.6 is 12.2 Å². The van der Waals surface area contributed by atoms with Crippen LogP contribution in [0.3, 0.4) is 0 Å². The predicted octanol–water partition coefficient (Wildman–Crippen LogP) is 1.69. The van der Waals surface area contributed by atoms with Gasteiger partial charge in [-0.2, -0.15) is 0 Å². The predicted molar refractivity (Wildman–Crippen MR) is 74.4 cm³/mol. The van der Waals surface area contributed by atoms with Crippen LogP contribution in [0, 0.1) is 5.92 Å². The molecule has 0 saturated carbocycles. The van der Waals surface area contributed by atoms with Gasteiger partial charge in [-0.3, -0.25) is 4.40 Å². The van der Waals surface area contributed by atoms with Crippen LogP contribution in [-0.2, 0) is 0 Å². The Kier molecular flexibility index (Phi) is 3.28. The van der Waals surface area contributed by atoms with E-state index < -0.39 is 0 Å². The SMILES string of the molecule is CC(CN(C)c1cccc2nccn12)C(N)=S. The lowest BCUT2D eigenvalue weighted by atomic mass is 10.2. The molecular formula is C12H16N4S. The van der Waals surface area contributed by atoms with Crippen LogP contribution in [0.15, 0.2) is 30.6 Å². The van der Waals surface area contributed by atoms with Gasteiger partial charge < -0.3 is 10.6 Å². The van der Waals surface area contributed by atoms with E-state index in [9.17, 15) is 0 Å². The van der Waals surface area contributed by atoms with Gasteiger partial charge in [0.2, 0.25) is 0 Å². The van der Waals surface area contributed by atoms with Crippen molar-refractivity contribution >= 4 is 28.7 Å². The molecule has 17 heavy (non-hydrogen) atoms. The Morgan fingerprint density at radius 2 is 2.35 bits per heavy atom. The molecule has 1 unspecified atom stereocenters. The van der Waals surface area contributed by atoms with Gasteiger partial charge in [-0.25, -0.2) is 4.98 Å². The van der Waals surface area contributed by atoms with Crippen molar-refractivity contribution in [1.82, 2.24) is 9.38 Å². The molecule has 2 aromatic rings. The molecule has 5 heteroatoms. The highest BCUT2D eigenvalue weighted by atomic mass is 32.1. The molecule has 0 saturated heterocycles.